The van der Waals surface area contributed by atoms with Crippen molar-refractivity contribution in [3.8, 4) is 0 Å². The van der Waals surface area contributed by atoms with Crippen LogP contribution in [-0.4, -0.2) is 10.6 Å². The van der Waals surface area contributed by atoms with Crippen molar-refractivity contribution in [1.82, 2.24) is 9.88 Å². The molecule has 1 saturated heterocycles. The van der Waals surface area contributed by atoms with Gasteiger partial charge in [-0.2, -0.15) is 0 Å². The van der Waals surface area contributed by atoms with Gasteiger partial charge in [-0.1, -0.05) is 35.4 Å². The molecule has 140 valence electrons. The van der Waals surface area contributed by atoms with Gasteiger partial charge in [-0.25, -0.2) is 0 Å². The fourth-order valence-electron chi connectivity index (χ4n) is 5.36. The third-order valence-corrected chi connectivity index (χ3v) is 6.75. The summed E-state index contributed by atoms with van der Waals surface area (Å²) >= 11 is 0. The van der Waals surface area contributed by atoms with Gasteiger partial charge in [0.1, 0.15) is 0 Å². The number of hydrogen-bond acceptors (Lipinski definition) is 1. The summed E-state index contributed by atoms with van der Waals surface area (Å²) in [6.45, 7) is 7.75. The fourth-order valence-corrected chi connectivity index (χ4v) is 5.36. The molecule has 2 nitrogen and oxygen atoms in total. The van der Waals surface area contributed by atoms with Crippen LogP contribution in [0.1, 0.15) is 58.8 Å². The van der Waals surface area contributed by atoms with Gasteiger partial charge in [-0.3, -0.25) is 0 Å². The first-order valence-corrected chi connectivity index (χ1v) is 10.5. The maximum atomic E-state index is 3.91. The van der Waals surface area contributed by atoms with Crippen molar-refractivity contribution >= 4 is 10.9 Å². The molecule has 5 rings (SSSR count). The van der Waals surface area contributed by atoms with E-state index >= 15 is 0 Å². The first-order chi connectivity index (χ1) is 13.1. The van der Waals surface area contributed by atoms with E-state index in [0.717, 1.165) is 13.0 Å². The Morgan fingerprint density at radius 2 is 1.81 bits per heavy atom. The number of aromatic nitrogens is 1. The maximum Gasteiger partial charge on any atom is 0.0486 e. The molecule has 2 heteroatoms. The van der Waals surface area contributed by atoms with Crippen LogP contribution in [0.4, 0.5) is 0 Å². The molecular formula is C25H30N2. The quantitative estimate of drug-likeness (QED) is 0.649. The Morgan fingerprint density at radius 1 is 1.00 bits per heavy atom. The highest BCUT2D eigenvalue weighted by atomic mass is 15.1. The monoisotopic (exact) mass is 358 g/mol. The SMILES string of the molecule is Cc1ccc(C)c(CCn2c3c(c4cc(C)ccc42)[C@H]2CCC[C@H](C3)N2)c1. The van der Waals surface area contributed by atoms with E-state index in [1.54, 1.807) is 11.3 Å². The summed E-state index contributed by atoms with van der Waals surface area (Å²) in [6.07, 6.45) is 6.27. The summed E-state index contributed by atoms with van der Waals surface area (Å²) in [6, 6.07) is 15.1. The van der Waals surface area contributed by atoms with Crippen molar-refractivity contribution in [2.75, 3.05) is 0 Å². The minimum absolute atomic E-state index is 0.554. The number of aryl methyl sites for hydroxylation is 5. The van der Waals surface area contributed by atoms with E-state index in [-0.39, 0.29) is 0 Å². The summed E-state index contributed by atoms with van der Waals surface area (Å²) in [5.41, 5.74) is 10.3. The lowest BCUT2D eigenvalue weighted by molar-refractivity contribution is 0.298. The molecule has 1 N–H and O–H groups in total. The average molecular weight is 359 g/mol. The van der Waals surface area contributed by atoms with E-state index in [2.05, 4.69) is 67.1 Å². The van der Waals surface area contributed by atoms with Crippen LogP contribution < -0.4 is 5.32 Å². The molecular weight excluding hydrogens is 328 g/mol. The predicted octanol–water partition coefficient (Wildman–Crippen LogP) is 5.55. The van der Waals surface area contributed by atoms with Crippen LogP contribution in [0.3, 0.4) is 0 Å². The molecule has 0 amide bonds. The largest absolute Gasteiger partial charge is 0.344 e. The molecule has 3 aromatic rings. The Balaban J connectivity index is 1.60. The number of benzene rings is 2. The lowest BCUT2D eigenvalue weighted by Crippen LogP contribution is -2.43. The van der Waals surface area contributed by atoms with Gasteiger partial charge >= 0.3 is 0 Å². The number of nitrogens with zero attached hydrogens (tertiary/aromatic N) is 1. The lowest BCUT2D eigenvalue weighted by Gasteiger charge is -2.37. The third kappa shape index (κ3) is 2.91. The normalized spacial score (nSPS) is 21.4. The van der Waals surface area contributed by atoms with E-state index in [1.807, 2.05) is 0 Å². The molecule has 2 atom stereocenters. The molecule has 1 fully saturated rings. The zero-order chi connectivity index (χ0) is 18.5. The molecule has 3 heterocycles. The van der Waals surface area contributed by atoms with Crippen molar-refractivity contribution < 1.29 is 0 Å². The van der Waals surface area contributed by atoms with E-state index in [0.29, 0.717) is 12.1 Å². The van der Waals surface area contributed by atoms with Crippen LogP contribution in [0.5, 0.6) is 0 Å². The van der Waals surface area contributed by atoms with Crippen molar-refractivity contribution in [2.24, 2.45) is 0 Å². The molecule has 2 aliphatic rings. The molecule has 0 radical (unpaired) electrons. The molecule has 0 saturated carbocycles. The minimum atomic E-state index is 0.554. The van der Waals surface area contributed by atoms with Crippen LogP contribution in [0.25, 0.3) is 10.9 Å². The number of nitrogens with one attached hydrogen (secondary N) is 1. The molecule has 2 bridgehead atoms. The van der Waals surface area contributed by atoms with Crippen molar-refractivity contribution in [3.63, 3.8) is 0 Å². The van der Waals surface area contributed by atoms with Crippen LogP contribution in [0, 0.1) is 20.8 Å². The van der Waals surface area contributed by atoms with Gasteiger partial charge in [0.15, 0.2) is 0 Å². The second kappa shape index (κ2) is 6.53. The lowest BCUT2D eigenvalue weighted by atomic mass is 9.84. The molecule has 27 heavy (non-hydrogen) atoms. The standard InChI is InChI=1S/C25H30N2/c1-16-7-9-18(3)19(13-16)11-12-27-23-10-8-17(2)14-21(23)25-22-6-4-5-20(26-22)15-24(25)27/h7-10,13-14,20,22,26H,4-6,11-12,15H2,1-3H3/t20-,22-/m1/s1. The zero-order valence-corrected chi connectivity index (χ0v) is 16.8. The van der Waals surface area contributed by atoms with Crippen LogP contribution in [0.2, 0.25) is 0 Å². The summed E-state index contributed by atoms with van der Waals surface area (Å²) < 4.78 is 2.65. The van der Waals surface area contributed by atoms with E-state index in [1.165, 1.54) is 58.8 Å². The smallest absolute Gasteiger partial charge is 0.0486 e. The molecule has 0 unspecified atom stereocenters. The maximum absolute atomic E-state index is 3.91. The predicted molar refractivity (Wildman–Crippen MR) is 114 cm³/mol. The summed E-state index contributed by atoms with van der Waals surface area (Å²) in [4.78, 5) is 0. The van der Waals surface area contributed by atoms with Crippen molar-refractivity contribution in [2.45, 2.75) is 71.5 Å². The highest BCUT2D eigenvalue weighted by Gasteiger charge is 2.34. The third-order valence-electron chi connectivity index (χ3n) is 6.75. The molecule has 2 aromatic carbocycles. The summed E-state index contributed by atoms with van der Waals surface area (Å²) in [7, 11) is 0. The Bertz CT molecular complexity index is 1010. The number of fused-ring (bicyclic) bond motifs is 6. The average Bonchev–Trinajstić information content (AvgIpc) is 2.95. The number of hydrogen-bond donors (Lipinski definition) is 1. The van der Waals surface area contributed by atoms with Crippen LogP contribution in [-0.2, 0) is 19.4 Å². The Kier molecular flexibility index (Phi) is 4.12. The Hall–Kier alpha value is -2.06. The van der Waals surface area contributed by atoms with Gasteiger partial charge in [-0.15, -0.1) is 0 Å². The van der Waals surface area contributed by atoms with Gasteiger partial charge in [0, 0.05) is 41.6 Å². The van der Waals surface area contributed by atoms with E-state index < -0.39 is 0 Å². The topological polar surface area (TPSA) is 17.0 Å². The zero-order valence-electron chi connectivity index (χ0n) is 16.8. The molecule has 0 spiro atoms. The second-order valence-corrected chi connectivity index (χ2v) is 8.76. The summed E-state index contributed by atoms with van der Waals surface area (Å²) in [5.74, 6) is 0. The molecule has 2 aliphatic heterocycles. The van der Waals surface area contributed by atoms with Crippen molar-refractivity contribution in [3.05, 3.63) is 69.9 Å². The van der Waals surface area contributed by atoms with Crippen molar-refractivity contribution in [1.29, 1.82) is 0 Å². The summed E-state index contributed by atoms with van der Waals surface area (Å²) in [5, 5.41) is 5.40. The first kappa shape index (κ1) is 17.1. The second-order valence-electron chi connectivity index (χ2n) is 8.76. The molecule has 0 aliphatic carbocycles. The van der Waals surface area contributed by atoms with Gasteiger partial charge < -0.3 is 9.88 Å². The van der Waals surface area contributed by atoms with Gasteiger partial charge in [0.2, 0.25) is 0 Å². The fraction of sp³-hybridized carbons (Fsp3) is 0.440. The highest BCUT2D eigenvalue weighted by Crippen LogP contribution is 2.41. The minimum Gasteiger partial charge on any atom is -0.344 e. The van der Waals surface area contributed by atoms with E-state index in [9.17, 15) is 0 Å². The van der Waals surface area contributed by atoms with Crippen LogP contribution in [0.15, 0.2) is 36.4 Å². The van der Waals surface area contributed by atoms with Gasteiger partial charge in [-0.05, 0) is 75.3 Å². The Morgan fingerprint density at radius 3 is 2.70 bits per heavy atom. The van der Waals surface area contributed by atoms with Gasteiger partial charge in [0.25, 0.3) is 0 Å². The molecule has 1 aromatic heterocycles. The van der Waals surface area contributed by atoms with Crippen LogP contribution >= 0.6 is 0 Å². The van der Waals surface area contributed by atoms with Gasteiger partial charge in [0.05, 0.1) is 0 Å². The highest BCUT2D eigenvalue weighted by molar-refractivity contribution is 5.87. The number of piperidine rings is 1. The van der Waals surface area contributed by atoms with E-state index in [4.69, 9.17) is 0 Å². The Labute approximate surface area is 162 Å². The first-order valence-electron chi connectivity index (χ1n) is 10.5. The number of rotatable bonds is 3.